The molecule has 18 heavy (non-hydrogen) atoms. The van der Waals surface area contributed by atoms with Crippen molar-refractivity contribution in [1.82, 2.24) is 10.3 Å². The first-order valence-corrected chi connectivity index (χ1v) is 6.64. The fourth-order valence-corrected chi connectivity index (χ4v) is 1.78. The predicted octanol–water partition coefficient (Wildman–Crippen LogP) is 1.84. The van der Waals surface area contributed by atoms with Gasteiger partial charge in [0.15, 0.2) is 0 Å². The Balaban J connectivity index is 1.72. The molecular weight excluding hydrogens is 298 g/mol. The van der Waals surface area contributed by atoms with Crippen molar-refractivity contribution in [3.8, 4) is 0 Å². The lowest BCUT2D eigenvalue weighted by Gasteiger charge is -2.05. The summed E-state index contributed by atoms with van der Waals surface area (Å²) in [6.07, 6.45) is 2.50. The van der Waals surface area contributed by atoms with Gasteiger partial charge in [0.05, 0.1) is 0 Å². The average molecular weight is 312 g/mol. The first-order valence-electron chi connectivity index (χ1n) is 5.85. The number of amides is 2. The number of carbonyl (C=O) groups is 2. The number of hydrogen-bond donors (Lipinski definition) is 2. The van der Waals surface area contributed by atoms with Crippen molar-refractivity contribution in [2.45, 2.75) is 31.7 Å². The Hall–Kier alpha value is -1.43. The van der Waals surface area contributed by atoms with Crippen LogP contribution in [0.2, 0.25) is 0 Å². The molecule has 0 aromatic carbocycles. The van der Waals surface area contributed by atoms with Gasteiger partial charge in [-0.05, 0) is 40.9 Å². The number of hydrogen-bond acceptors (Lipinski definition) is 3. The zero-order chi connectivity index (χ0) is 13.0. The third-order valence-electron chi connectivity index (χ3n) is 2.50. The van der Waals surface area contributed by atoms with Gasteiger partial charge in [-0.25, -0.2) is 4.98 Å². The summed E-state index contributed by atoms with van der Waals surface area (Å²) in [4.78, 5) is 27.1. The van der Waals surface area contributed by atoms with Crippen LogP contribution in [0.3, 0.4) is 0 Å². The largest absolute Gasteiger partial charge is 0.353 e. The molecule has 2 rings (SSSR count). The molecule has 1 aliphatic rings. The molecule has 5 nitrogen and oxygen atoms in total. The highest BCUT2D eigenvalue weighted by Gasteiger charge is 2.23. The number of nitrogens with zero attached hydrogens (tertiary/aromatic N) is 1. The fourth-order valence-electron chi connectivity index (χ4n) is 1.44. The molecule has 0 aliphatic heterocycles. The van der Waals surface area contributed by atoms with Crippen molar-refractivity contribution in [2.24, 2.45) is 0 Å². The van der Waals surface area contributed by atoms with Crippen LogP contribution in [0.4, 0.5) is 5.82 Å². The van der Waals surface area contributed by atoms with E-state index in [1.165, 1.54) is 0 Å². The highest BCUT2D eigenvalue weighted by atomic mass is 79.9. The lowest BCUT2D eigenvalue weighted by Crippen LogP contribution is -2.26. The Kier molecular flexibility index (Phi) is 4.30. The zero-order valence-electron chi connectivity index (χ0n) is 9.78. The van der Waals surface area contributed by atoms with E-state index < -0.39 is 0 Å². The number of pyridine rings is 1. The van der Waals surface area contributed by atoms with E-state index in [9.17, 15) is 9.59 Å². The second-order valence-corrected chi connectivity index (χ2v) is 5.05. The molecule has 1 saturated carbocycles. The second kappa shape index (κ2) is 5.95. The van der Waals surface area contributed by atoms with E-state index >= 15 is 0 Å². The lowest BCUT2D eigenvalue weighted by atomic mass is 10.2. The summed E-state index contributed by atoms with van der Waals surface area (Å²) < 4.78 is 0.659. The summed E-state index contributed by atoms with van der Waals surface area (Å²) in [5.41, 5.74) is 0. The van der Waals surface area contributed by atoms with Crippen LogP contribution in [0.15, 0.2) is 22.8 Å². The molecule has 2 amide bonds. The van der Waals surface area contributed by atoms with Crippen molar-refractivity contribution in [1.29, 1.82) is 0 Å². The molecule has 96 valence electrons. The fraction of sp³-hybridized carbons (Fsp3) is 0.417. The van der Waals surface area contributed by atoms with Gasteiger partial charge in [-0.1, -0.05) is 6.07 Å². The number of nitrogens with one attached hydrogen (secondary N) is 2. The van der Waals surface area contributed by atoms with Crippen molar-refractivity contribution >= 4 is 33.6 Å². The van der Waals surface area contributed by atoms with E-state index in [2.05, 4.69) is 31.5 Å². The molecule has 1 fully saturated rings. The van der Waals surface area contributed by atoms with Crippen LogP contribution in [0, 0.1) is 0 Å². The van der Waals surface area contributed by atoms with E-state index in [1.807, 2.05) is 0 Å². The highest BCUT2D eigenvalue weighted by Crippen LogP contribution is 2.18. The Morgan fingerprint density at radius 1 is 1.28 bits per heavy atom. The van der Waals surface area contributed by atoms with E-state index in [1.54, 1.807) is 18.2 Å². The van der Waals surface area contributed by atoms with Crippen molar-refractivity contribution in [2.75, 3.05) is 5.32 Å². The summed E-state index contributed by atoms with van der Waals surface area (Å²) in [6.45, 7) is 0. The van der Waals surface area contributed by atoms with Gasteiger partial charge in [-0.3, -0.25) is 9.59 Å². The number of anilines is 1. The van der Waals surface area contributed by atoms with Crippen molar-refractivity contribution < 1.29 is 9.59 Å². The number of aromatic nitrogens is 1. The van der Waals surface area contributed by atoms with Gasteiger partial charge >= 0.3 is 0 Å². The van der Waals surface area contributed by atoms with Crippen molar-refractivity contribution in [3.05, 3.63) is 22.8 Å². The van der Waals surface area contributed by atoms with Crippen LogP contribution in [-0.2, 0) is 9.59 Å². The van der Waals surface area contributed by atoms with Crippen LogP contribution in [0.1, 0.15) is 25.7 Å². The Morgan fingerprint density at radius 2 is 2.00 bits per heavy atom. The summed E-state index contributed by atoms with van der Waals surface area (Å²) in [5, 5.41) is 5.49. The molecule has 1 aromatic rings. The van der Waals surface area contributed by atoms with Gasteiger partial charge in [0.2, 0.25) is 11.8 Å². The summed E-state index contributed by atoms with van der Waals surface area (Å²) >= 11 is 3.22. The maximum atomic E-state index is 11.6. The molecule has 0 atom stereocenters. The minimum Gasteiger partial charge on any atom is -0.353 e. The minimum absolute atomic E-state index is 0.0603. The van der Waals surface area contributed by atoms with Gasteiger partial charge in [0.1, 0.15) is 10.4 Å². The van der Waals surface area contributed by atoms with E-state index in [0.29, 0.717) is 16.5 Å². The van der Waals surface area contributed by atoms with Crippen LogP contribution < -0.4 is 10.6 Å². The van der Waals surface area contributed by atoms with Crippen LogP contribution in [-0.4, -0.2) is 22.8 Å². The summed E-state index contributed by atoms with van der Waals surface area (Å²) in [5.74, 6) is 0.221. The molecule has 0 radical (unpaired) electrons. The first kappa shape index (κ1) is 13.0. The smallest absolute Gasteiger partial charge is 0.226 e. The minimum atomic E-state index is -0.202. The monoisotopic (exact) mass is 311 g/mol. The quantitative estimate of drug-likeness (QED) is 0.815. The SMILES string of the molecule is O=C(CCC(=O)NC1CC1)Nc1cccc(Br)n1. The molecule has 0 saturated heterocycles. The molecule has 1 heterocycles. The third kappa shape index (κ3) is 4.44. The van der Waals surface area contributed by atoms with E-state index in [0.717, 1.165) is 12.8 Å². The molecule has 6 heteroatoms. The van der Waals surface area contributed by atoms with Crippen LogP contribution >= 0.6 is 15.9 Å². The second-order valence-electron chi connectivity index (χ2n) is 4.24. The maximum absolute atomic E-state index is 11.6. The summed E-state index contributed by atoms with van der Waals surface area (Å²) in [6, 6.07) is 5.60. The Morgan fingerprint density at radius 3 is 2.67 bits per heavy atom. The molecule has 0 unspecified atom stereocenters. The van der Waals surface area contributed by atoms with Crippen LogP contribution in [0.25, 0.3) is 0 Å². The zero-order valence-corrected chi connectivity index (χ0v) is 11.4. The molecule has 1 aliphatic carbocycles. The maximum Gasteiger partial charge on any atom is 0.226 e. The van der Waals surface area contributed by atoms with Gasteiger partial charge in [0.25, 0.3) is 0 Å². The van der Waals surface area contributed by atoms with Crippen molar-refractivity contribution in [3.63, 3.8) is 0 Å². The predicted molar refractivity (Wildman–Crippen MR) is 71.0 cm³/mol. The number of rotatable bonds is 5. The molecule has 2 N–H and O–H groups in total. The van der Waals surface area contributed by atoms with Crippen LogP contribution in [0.5, 0.6) is 0 Å². The number of halogens is 1. The van der Waals surface area contributed by atoms with E-state index in [-0.39, 0.29) is 24.7 Å². The summed E-state index contributed by atoms with van der Waals surface area (Å²) in [7, 11) is 0. The molecule has 0 spiro atoms. The average Bonchev–Trinajstić information content (AvgIpc) is 3.10. The third-order valence-corrected chi connectivity index (χ3v) is 2.95. The van der Waals surface area contributed by atoms with Gasteiger partial charge in [-0.2, -0.15) is 0 Å². The van der Waals surface area contributed by atoms with Gasteiger partial charge in [0, 0.05) is 18.9 Å². The molecule has 0 bridgehead atoms. The number of carbonyl (C=O) groups excluding carboxylic acids is 2. The Labute approximate surface area is 113 Å². The lowest BCUT2D eigenvalue weighted by molar-refractivity contribution is -0.124. The van der Waals surface area contributed by atoms with E-state index in [4.69, 9.17) is 0 Å². The first-order chi connectivity index (χ1) is 8.63. The normalized spacial score (nSPS) is 14.1. The molecular formula is C12H14BrN3O2. The van der Waals surface area contributed by atoms with Gasteiger partial charge in [-0.15, -0.1) is 0 Å². The Bertz CT molecular complexity index is 460. The topological polar surface area (TPSA) is 71.1 Å². The van der Waals surface area contributed by atoms with Gasteiger partial charge < -0.3 is 10.6 Å². The highest BCUT2D eigenvalue weighted by molar-refractivity contribution is 9.10. The standard InChI is InChI=1S/C12H14BrN3O2/c13-9-2-1-3-10(15-9)16-12(18)7-6-11(17)14-8-4-5-8/h1-3,8H,4-7H2,(H,14,17)(H,15,16,18). The molecule has 1 aromatic heterocycles.